The monoisotopic (exact) mass is 289 g/mol. The van der Waals surface area contributed by atoms with Gasteiger partial charge < -0.3 is 20.2 Å². The van der Waals surface area contributed by atoms with Crippen molar-refractivity contribution in [2.24, 2.45) is 0 Å². The molecule has 5 heteroatoms. The molecule has 0 bridgehead atoms. The summed E-state index contributed by atoms with van der Waals surface area (Å²) in [6.45, 7) is 0.931. The van der Waals surface area contributed by atoms with E-state index < -0.39 is 0 Å². The van der Waals surface area contributed by atoms with Crippen LogP contribution in [0.4, 0.5) is 5.69 Å². The Hall–Kier alpha value is -0.620. The molecule has 0 aromatic heterocycles. The largest absolute Gasteiger partial charge is 0.395 e. The number of halogens is 1. The van der Waals surface area contributed by atoms with Gasteiger partial charge in [-0.25, -0.2) is 0 Å². The van der Waals surface area contributed by atoms with Crippen molar-refractivity contribution in [3.05, 3.63) is 28.2 Å². The average Bonchev–Trinajstić information content (AvgIpc) is 2.29. The van der Waals surface area contributed by atoms with E-state index >= 15 is 0 Å². The SMILES string of the molecule is OCCN(CCO)c1cc(CO)ccc1Br. The molecular formula is C11H16BrNO3. The van der Waals surface area contributed by atoms with Crippen molar-refractivity contribution in [1.82, 2.24) is 0 Å². The van der Waals surface area contributed by atoms with Crippen LogP contribution in [0, 0.1) is 0 Å². The van der Waals surface area contributed by atoms with Gasteiger partial charge in [0.05, 0.1) is 25.5 Å². The molecule has 3 N–H and O–H groups in total. The molecule has 0 saturated carbocycles. The van der Waals surface area contributed by atoms with Gasteiger partial charge >= 0.3 is 0 Å². The fourth-order valence-electron chi connectivity index (χ4n) is 1.49. The van der Waals surface area contributed by atoms with Crippen LogP contribution in [-0.4, -0.2) is 41.6 Å². The van der Waals surface area contributed by atoms with Gasteiger partial charge in [0.2, 0.25) is 0 Å². The molecule has 0 aliphatic carbocycles. The van der Waals surface area contributed by atoms with Crippen molar-refractivity contribution in [2.45, 2.75) is 6.61 Å². The number of aliphatic hydroxyl groups excluding tert-OH is 3. The molecule has 0 aliphatic heterocycles. The summed E-state index contributed by atoms with van der Waals surface area (Å²) in [6.07, 6.45) is 0. The van der Waals surface area contributed by atoms with Gasteiger partial charge in [-0.1, -0.05) is 6.07 Å². The Bertz CT molecular complexity index is 327. The third-order valence-electron chi connectivity index (χ3n) is 2.27. The number of nitrogens with zero attached hydrogens (tertiary/aromatic N) is 1. The molecule has 0 unspecified atom stereocenters. The number of hydrogen-bond acceptors (Lipinski definition) is 4. The van der Waals surface area contributed by atoms with E-state index in [-0.39, 0.29) is 19.8 Å². The Morgan fingerprint density at radius 1 is 1.06 bits per heavy atom. The third kappa shape index (κ3) is 3.45. The standard InChI is InChI=1S/C11H16BrNO3/c12-10-2-1-9(8-16)7-11(10)13(3-5-14)4-6-15/h1-2,7,14-16H,3-6,8H2. The maximum absolute atomic E-state index is 9.06. The predicted octanol–water partition coefficient (Wildman–Crippen LogP) is 0.732. The molecule has 0 amide bonds. The topological polar surface area (TPSA) is 63.9 Å². The highest BCUT2D eigenvalue weighted by atomic mass is 79.9. The minimum absolute atomic E-state index is 0.0215. The lowest BCUT2D eigenvalue weighted by Crippen LogP contribution is -2.30. The minimum Gasteiger partial charge on any atom is -0.395 e. The molecule has 1 aromatic rings. The Kier molecular flexibility index (Phi) is 5.76. The lowest BCUT2D eigenvalue weighted by molar-refractivity contribution is 0.279. The number of anilines is 1. The molecule has 16 heavy (non-hydrogen) atoms. The zero-order valence-corrected chi connectivity index (χ0v) is 10.5. The minimum atomic E-state index is -0.0215. The van der Waals surface area contributed by atoms with Crippen LogP contribution in [0.2, 0.25) is 0 Å². The summed E-state index contributed by atoms with van der Waals surface area (Å²) in [5.74, 6) is 0. The summed E-state index contributed by atoms with van der Waals surface area (Å²) in [5, 5.41) is 27.0. The van der Waals surface area contributed by atoms with Crippen molar-refractivity contribution >= 4 is 21.6 Å². The Balaban J connectivity index is 2.96. The smallest absolute Gasteiger partial charge is 0.0682 e. The summed E-state index contributed by atoms with van der Waals surface area (Å²) >= 11 is 3.41. The van der Waals surface area contributed by atoms with Crippen LogP contribution in [-0.2, 0) is 6.61 Å². The van der Waals surface area contributed by atoms with E-state index in [0.29, 0.717) is 13.1 Å². The fraction of sp³-hybridized carbons (Fsp3) is 0.455. The summed E-state index contributed by atoms with van der Waals surface area (Å²) in [4.78, 5) is 1.86. The predicted molar refractivity (Wildman–Crippen MR) is 66.4 cm³/mol. The first-order valence-corrected chi connectivity index (χ1v) is 5.88. The molecule has 0 spiro atoms. The second kappa shape index (κ2) is 6.85. The van der Waals surface area contributed by atoms with Crippen molar-refractivity contribution < 1.29 is 15.3 Å². The van der Waals surface area contributed by atoms with Crippen molar-refractivity contribution in [3.63, 3.8) is 0 Å². The Morgan fingerprint density at radius 3 is 2.19 bits per heavy atom. The van der Waals surface area contributed by atoms with Crippen LogP contribution in [0.15, 0.2) is 22.7 Å². The first-order valence-electron chi connectivity index (χ1n) is 5.09. The van der Waals surface area contributed by atoms with Crippen LogP contribution in [0.1, 0.15) is 5.56 Å². The van der Waals surface area contributed by atoms with Gasteiger partial charge in [-0.15, -0.1) is 0 Å². The van der Waals surface area contributed by atoms with Gasteiger partial charge in [0.25, 0.3) is 0 Å². The van der Waals surface area contributed by atoms with Gasteiger partial charge in [-0.3, -0.25) is 0 Å². The first-order chi connectivity index (χ1) is 7.72. The molecule has 0 saturated heterocycles. The summed E-state index contributed by atoms with van der Waals surface area (Å²) in [6, 6.07) is 5.52. The molecule has 1 rings (SSSR count). The second-order valence-corrected chi connectivity index (χ2v) is 4.23. The van der Waals surface area contributed by atoms with Gasteiger partial charge in [-0.05, 0) is 33.6 Å². The Labute approximate surface area is 103 Å². The lowest BCUT2D eigenvalue weighted by atomic mass is 10.2. The van der Waals surface area contributed by atoms with E-state index in [1.54, 1.807) is 0 Å². The average molecular weight is 290 g/mol. The van der Waals surface area contributed by atoms with E-state index in [1.807, 2.05) is 23.1 Å². The molecule has 0 heterocycles. The van der Waals surface area contributed by atoms with Crippen molar-refractivity contribution in [1.29, 1.82) is 0 Å². The summed E-state index contributed by atoms with van der Waals surface area (Å²) in [7, 11) is 0. The van der Waals surface area contributed by atoms with Crippen molar-refractivity contribution in [2.75, 3.05) is 31.2 Å². The zero-order chi connectivity index (χ0) is 12.0. The summed E-state index contributed by atoms with van der Waals surface area (Å²) < 4.78 is 0.881. The van der Waals surface area contributed by atoms with Gasteiger partial charge in [-0.2, -0.15) is 0 Å². The molecular weight excluding hydrogens is 274 g/mol. The van der Waals surface area contributed by atoms with Crippen LogP contribution < -0.4 is 4.90 Å². The molecule has 4 nitrogen and oxygen atoms in total. The zero-order valence-electron chi connectivity index (χ0n) is 8.93. The van der Waals surface area contributed by atoms with Crippen LogP contribution in [0.25, 0.3) is 0 Å². The van der Waals surface area contributed by atoms with E-state index in [4.69, 9.17) is 15.3 Å². The van der Waals surface area contributed by atoms with Crippen molar-refractivity contribution in [3.8, 4) is 0 Å². The first kappa shape index (κ1) is 13.4. The second-order valence-electron chi connectivity index (χ2n) is 3.38. The third-order valence-corrected chi connectivity index (χ3v) is 2.94. The maximum atomic E-state index is 9.06. The highest BCUT2D eigenvalue weighted by molar-refractivity contribution is 9.10. The van der Waals surface area contributed by atoms with Crippen LogP contribution >= 0.6 is 15.9 Å². The van der Waals surface area contributed by atoms with E-state index in [2.05, 4.69) is 15.9 Å². The Morgan fingerprint density at radius 2 is 1.69 bits per heavy atom. The van der Waals surface area contributed by atoms with Gasteiger partial charge in [0.15, 0.2) is 0 Å². The quantitative estimate of drug-likeness (QED) is 0.723. The maximum Gasteiger partial charge on any atom is 0.0682 e. The van der Waals surface area contributed by atoms with Crippen LogP contribution in [0.5, 0.6) is 0 Å². The summed E-state index contributed by atoms with van der Waals surface area (Å²) in [5.41, 5.74) is 1.67. The number of benzene rings is 1. The molecule has 0 radical (unpaired) electrons. The fourth-order valence-corrected chi connectivity index (χ4v) is 1.99. The molecule has 0 aliphatic rings. The molecule has 90 valence electrons. The van der Waals surface area contributed by atoms with E-state index in [9.17, 15) is 0 Å². The number of rotatable bonds is 6. The number of hydrogen-bond donors (Lipinski definition) is 3. The normalized spacial score (nSPS) is 10.5. The molecule has 0 atom stereocenters. The highest BCUT2D eigenvalue weighted by Crippen LogP contribution is 2.27. The molecule has 1 aromatic carbocycles. The van der Waals surface area contributed by atoms with E-state index in [1.165, 1.54) is 0 Å². The highest BCUT2D eigenvalue weighted by Gasteiger charge is 2.09. The van der Waals surface area contributed by atoms with Crippen LogP contribution in [0.3, 0.4) is 0 Å². The number of aliphatic hydroxyl groups is 3. The van der Waals surface area contributed by atoms with E-state index in [0.717, 1.165) is 15.7 Å². The van der Waals surface area contributed by atoms with Gasteiger partial charge in [0, 0.05) is 17.6 Å². The lowest BCUT2D eigenvalue weighted by Gasteiger charge is -2.24. The molecule has 0 fully saturated rings. The van der Waals surface area contributed by atoms with Gasteiger partial charge in [0.1, 0.15) is 0 Å².